The summed E-state index contributed by atoms with van der Waals surface area (Å²) in [5.74, 6) is 0.0773. The van der Waals surface area contributed by atoms with Gasteiger partial charge in [-0.15, -0.1) is 0 Å². The summed E-state index contributed by atoms with van der Waals surface area (Å²) in [7, 11) is 0. The van der Waals surface area contributed by atoms with Crippen LogP contribution in [0.3, 0.4) is 0 Å². The fourth-order valence-corrected chi connectivity index (χ4v) is 3.01. The first-order valence-corrected chi connectivity index (χ1v) is 8.76. The third kappa shape index (κ3) is 4.53. The van der Waals surface area contributed by atoms with Crippen molar-refractivity contribution in [3.8, 4) is 0 Å². The maximum absolute atomic E-state index is 12.4. The maximum atomic E-state index is 12.4. The Balaban J connectivity index is 1.49. The first-order chi connectivity index (χ1) is 12.5. The molecule has 136 valence electrons. The van der Waals surface area contributed by atoms with Crippen molar-refractivity contribution < 1.29 is 9.59 Å². The number of carbonyl (C=O) groups excluding carboxylic acids is 2. The van der Waals surface area contributed by atoms with Crippen molar-refractivity contribution >= 4 is 23.3 Å². The third-order valence-corrected chi connectivity index (χ3v) is 4.52. The van der Waals surface area contributed by atoms with Gasteiger partial charge in [0, 0.05) is 37.6 Å². The van der Waals surface area contributed by atoms with Gasteiger partial charge in [0.1, 0.15) is 0 Å². The summed E-state index contributed by atoms with van der Waals surface area (Å²) >= 11 is 0. The number of nitrogens with one attached hydrogen (secondary N) is 1. The Bertz CT molecular complexity index is 781. The molecule has 0 saturated carbocycles. The number of anilines is 2. The van der Waals surface area contributed by atoms with Crippen LogP contribution in [-0.4, -0.2) is 47.9 Å². The van der Waals surface area contributed by atoms with E-state index in [9.17, 15) is 9.59 Å². The molecule has 0 aliphatic carbocycles. The average molecular weight is 352 g/mol. The van der Waals surface area contributed by atoms with E-state index in [0.717, 1.165) is 16.8 Å². The van der Waals surface area contributed by atoms with Gasteiger partial charge in [-0.25, -0.2) is 4.79 Å². The number of nitrogens with zero attached hydrogens (tertiary/aromatic N) is 2. The molecule has 1 aliphatic rings. The zero-order valence-electron chi connectivity index (χ0n) is 14.9. The lowest BCUT2D eigenvalue weighted by Crippen LogP contribution is -2.52. The van der Waals surface area contributed by atoms with Crippen LogP contribution in [0.15, 0.2) is 48.5 Å². The molecule has 6 nitrogen and oxygen atoms in total. The normalized spacial score (nSPS) is 14.2. The van der Waals surface area contributed by atoms with Gasteiger partial charge in [-0.2, -0.15) is 0 Å². The summed E-state index contributed by atoms with van der Waals surface area (Å²) < 4.78 is 0. The van der Waals surface area contributed by atoms with Gasteiger partial charge in [-0.1, -0.05) is 24.3 Å². The Labute approximate surface area is 153 Å². The number of nitrogen functional groups attached to an aromatic ring is 1. The molecule has 0 atom stereocenters. The van der Waals surface area contributed by atoms with Gasteiger partial charge in [0.2, 0.25) is 5.91 Å². The molecule has 1 heterocycles. The van der Waals surface area contributed by atoms with Crippen LogP contribution in [0.4, 0.5) is 16.2 Å². The van der Waals surface area contributed by atoms with Crippen LogP contribution in [-0.2, 0) is 11.2 Å². The minimum atomic E-state index is -0.124. The van der Waals surface area contributed by atoms with Crippen LogP contribution >= 0.6 is 0 Å². The molecule has 1 aliphatic heterocycles. The molecule has 0 radical (unpaired) electrons. The molecule has 0 bridgehead atoms. The van der Waals surface area contributed by atoms with Gasteiger partial charge in [0.15, 0.2) is 0 Å². The molecule has 26 heavy (non-hydrogen) atoms. The van der Waals surface area contributed by atoms with Crippen molar-refractivity contribution in [1.29, 1.82) is 0 Å². The number of rotatable bonds is 3. The molecule has 0 aromatic heterocycles. The fraction of sp³-hybridized carbons (Fsp3) is 0.300. The molecule has 2 aromatic rings. The summed E-state index contributed by atoms with van der Waals surface area (Å²) in [5.41, 5.74) is 9.19. The molecule has 1 fully saturated rings. The van der Waals surface area contributed by atoms with Gasteiger partial charge >= 0.3 is 6.03 Å². The zero-order valence-corrected chi connectivity index (χ0v) is 14.9. The summed E-state index contributed by atoms with van der Waals surface area (Å²) in [6, 6.07) is 14.9. The monoisotopic (exact) mass is 352 g/mol. The Morgan fingerprint density at radius 3 is 2.31 bits per heavy atom. The molecular formula is C20H24N4O2. The van der Waals surface area contributed by atoms with Gasteiger partial charge in [0.05, 0.1) is 6.42 Å². The highest BCUT2D eigenvalue weighted by molar-refractivity contribution is 5.89. The number of nitrogens with two attached hydrogens (primary N) is 1. The quantitative estimate of drug-likeness (QED) is 0.833. The number of amides is 3. The Hall–Kier alpha value is -3.02. The second kappa shape index (κ2) is 7.91. The van der Waals surface area contributed by atoms with Crippen molar-refractivity contribution in [2.75, 3.05) is 37.2 Å². The lowest BCUT2D eigenvalue weighted by atomic mass is 10.1. The number of carbonyl (C=O) groups is 2. The Morgan fingerprint density at radius 1 is 1.00 bits per heavy atom. The highest BCUT2D eigenvalue weighted by Crippen LogP contribution is 2.13. The van der Waals surface area contributed by atoms with Gasteiger partial charge in [-0.3, -0.25) is 4.79 Å². The van der Waals surface area contributed by atoms with Crippen molar-refractivity contribution in [3.05, 3.63) is 59.7 Å². The Morgan fingerprint density at radius 2 is 1.65 bits per heavy atom. The van der Waals surface area contributed by atoms with Crippen LogP contribution in [0.25, 0.3) is 0 Å². The van der Waals surface area contributed by atoms with E-state index in [2.05, 4.69) is 5.32 Å². The summed E-state index contributed by atoms with van der Waals surface area (Å²) in [6.07, 6.45) is 0.357. The van der Waals surface area contributed by atoms with E-state index in [4.69, 9.17) is 5.73 Å². The van der Waals surface area contributed by atoms with Crippen molar-refractivity contribution in [3.63, 3.8) is 0 Å². The largest absolute Gasteiger partial charge is 0.399 e. The lowest BCUT2D eigenvalue weighted by molar-refractivity contribution is -0.131. The van der Waals surface area contributed by atoms with Gasteiger partial charge in [-0.05, 0) is 42.3 Å². The molecular weight excluding hydrogens is 328 g/mol. The van der Waals surface area contributed by atoms with E-state index in [1.54, 1.807) is 17.0 Å². The fourth-order valence-electron chi connectivity index (χ4n) is 3.01. The molecule has 0 spiro atoms. The molecule has 3 amide bonds. The predicted octanol–water partition coefficient (Wildman–Crippen LogP) is 2.50. The smallest absolute Gasteiger partial charge is 0.321 e. The first-order valence-electron chi connectivity index (χ1n) is 8.76. The number of hydrogen-bond donors (Lipinski definition) is 2. The lowest BCUT2D eigenvalue weighted by Gasteiger charge is -2.34. The molecule has 6 heteroatoms. The van der Waals surface area contributed by atoms with E-state index in [1.165, 1.54) is 0 Å². The van der Waals surface area contributed by atoms with Crippen LogP contribution in [0, 0.1) is 6.92 Å². The average Bonchev–Trinajstić information content (AvgIpc) is 2.64. The van der Waals surface area contributed by atoms with Crippen molar-refractivity contribution in [1.82, 2.24) is 9.80 Å². The summed E-state index contributed by atoms with van der Waals surface area (Å²) in [6.45, 7) is 4.15. The number of piperazine rings is 1. The highest BCUT2D eigenvalue weighted by atomic mass is 16.2. The second-order valence-corrected chi connectivity index (χ2v) is 6.59. The minimum Gasteiger partial charge on any atom is -0.399 e. The molecule has 0 unspecified atom stereocenters. The van der Waals surface area contributed by atoms with E-state index in [1.807, 2.05) is 48.2 Å². The first kappa shape index (κ1) is 17.8. The third-order valence-electron chi connectivity index (χ3n) is 4.52. The van der Waals surface area contributed by atoms with Crippen molar-refractivity contribution in [2.24, 2.45) is 0 Å². The van der Waals surface area contributed by atoms with E-state index >= 15 is 0 Å². The highest BCUT2D eigenvalue weighted by Gasteiger charge is 2.24. The maximum Gasteiger partial charge on any atom is 0.321 e. The van der Waals surface area contributed by atoms with E-state index < -0.39 is 0 Å². The number of hydrogen-bond acceptors (Lipinski definition) is 3. The summed E-state index contributed by atoms with van der Waals surface area (Å²) in [4.78, 5) is 28.4. The Kier molecular flexibility index (Phi) is 5.41. The minimum absolute atomic E-state index is 0.0773. The predicted molar refractivity (Wildman–Crippen MR) is 103 cm³/mol. The van der Waals surface area contributed by atoms with Crippen LogP contribution < -0.4 is 11.1 Å². The topological polar surface area (TPSA) is 78.7 Å². The molecule has 3 rings (SSSR count). The van der Waals surface area contributed by atoms with E-state index in [-0.39, 0.29) is 11.9 Å². The molecule has 2 aromatic carbocycles. The van der Waals surface area contributed by atoms with Crippen LogP contribution in [0.2, 0.25) is 0 Å². The van der Waals surface area contributed by atoms with Crippen LogP contribution in [0.1, 0.15) is 11.1 Å². The molecule has 3 N–H and O–H groups in total. The van der Waals surface area contributed by atoms with Crippen LogP contribution in [0.5, 0.6) is 0 Å². The van der Waals surface area contributed by atoms with Crippen molar-refractivity contribution in [2.45, 2.75) is 13.3 Å². The zero-order chi connectivity index (χ0) is 18.5. The number of benzene rings is 2. The van der Waals surface area contributed by atoms with Gasteiger partial charge < -0.3 is 20.9 Å². The second-order valence-electron chi connectivity index (χ2n) is 6.59. The summed E-state index contributed by atoms with van der Waals surface area (Å²) in [5, 5.41) is 2.91. The standard InChI is InChI=1S/C20H24N4O2/c1-15-3-2-4-18(13-15)22-20(26)24-11-9-23(10-12-24)19(25)14-16-5-7-17(21)8-6-16/h2-8,13H,9-12,14,21H2,1H3,(H,22,26). The van der Waals surface area contributed by atoms with Gasteiger partial charge in [0.25, 0.3) is 0 Å². The SMILES string of the molecule is Cc1cccc(NC(=O)N2CCN(C(=O)Cc3ccc(N)cc3)CC2)c1. The van der Waals surface area contributed by atoms with E-state index in [0.29, 0.717) is 38.3 Å². The molecule has 1 saturated heterocycles. The number of urea groups is 1. The number of aryl methyl sites for hydroxylation is 1.